The van der Waals surface area contributed by atoms with Crippen LogP contribution in [0.15, 0.2) is 24.3 Å². The van der Waals surface area contributed by atoms with Crippen molar-refractivity contribution in [1.29, 1.82) is 0 Å². The van der Waals surface area contributed by atoms with Crippen molar-refractivity contribution in [3.05, 3.63) is 41.3 Å². The molecule has 3 heterocycles. The molecule has 2 saturated heterocycles. The van der Waals surface area contributed by atoms with Gasteiger partial charge in [0, 0.05) is 56.6 Å². The van der Waals surface area contributed by atoms with Crippen LogP contribution >= 0.6 is 0 Å². The number of ether oxygens (including phenoxy) is 2. The van der Waals surface area contributed by atoms with Crippen molar-refractivity contribution in [2.45, 2.75) is 6.92 Å². The summed E-state index contributed by atoms with van der Waals surface area (Å²) in [7, 11) is 1.40. The second kappa shape index (κ2) is 8.83. The molecular formula is C21H26FN5O3. The number of halogens is 1. The highest BCUT2D eigenvalue weighted by Crippen LogP contribution is 2.22. The molecule has 0 spiro atoms. The number of hydrogen-bond acceptors (Lipinski definition) is 7. The highest BCUT2D eigenvalue weighted by atomic mass is 19.1. The molecule has 2 aliphatic rings. The number of rotatable bonds is 4. The molecule has 2 aromatic rings. The first-order valence-electron chi connectivity index (χ1n) is 10.1. The molecule has 2 fully saturated rings. The summed E-state index contributed by atoms with van der Waals surface area (Å²) < 4.78 is 24.3. The standard InChI is InChI=1S/C21H26FN5O3/c1-15-13-19(24-21(23-15)27-9-11-30-12-10-27)25-5-7-26(8-6-25)20(28)16-3-4-18(29-2)17(22)14-16/h3-4,13-14H,5-12H2,1-2H3. The molecule has 160 valence electrons. The zero-order chi connectivity index (χ0) is 21.1. The van der Waals surface area contributed by atoms with E-state index in [-0.39, 0.29) is 11.7 Å². The summed E-state index contributed by atoms with van der Waals surface area (Å²) in [4.78, 5) is 28.1. The monoisotopic (exact) mass is 415 g/mol. The topological polar surface area (TPSA) is 71.0 Å². The summed E-state index contributed by atoms with van der Waals surface area (Å²) in [5.41, 5.74) is 1.24. The number of carbonyl (C=O) groups excluding carboxylic acids is 1. The van der Waals surface area contributed by atoms with Crippen molar-refractivity contribution >= 4 is 17.7 Å². The molecule has 9 heteroatoms. The van der Waals surface area contributed by atoms with Gasteiger partial charge in [0.25, 0.3) is 5.91 Å². The molecule has 2 aliphatic heterocycles. The average Bonchev–Trinajstić information content (AvgIpc) is 2.79. The van der Waals surface area contributed by atoms with Gasteiger partial charge in [0.05, 0.1) is 20.3 Å². The Morgan fingerprint density at radius 3 is 2.43 bits per heavy atom. The highest BCUT2D eigenvalue weighted by Gasteiger charge is 2.25. The summed E-state index contributed by atoms with van der Waals surface area (Å²) in [5, 5.41) is 0. The Morgan fingerprint density at radius 1 is 1.03 bits per heavy atom. The zero-order valence-electron chi connectivity index (χ0n) is 17.3. The number of anilines is 2. The number of methoxy groups -OCH3 is 1. The van der Waals surface area contributed by atoms with Gasteiger partial charge in [-0.25, -0.2) is 9.37 Å². The SMILES string of the molecule is COc1ccc(C(=O)N2CCN(c3cc(C)nc(N4CCOCC4)n3)CC2)cc1F. The summed E-state index contributed by atoms with van der Waals surface area (Å²) in [5.74, 6) is 1.01. The third kappa shape index (κ3) is 4.30. The lowest BCUT2D eigenvalue weighted by Crippen LogP contribution is -2.49. The lowest BCUT2D eigenvalue weighted by molar-refractivity contribution is 0.0746. The largest absolute Gasteiger partial charge is 0.494 e. The van der Waals surface area contributed by atoms with Gasteiger partial charge in [-0.15, -0.1) is 0 Å². The van der Waals surface area contributed by atoms with Gasteiger partial charge in [0.2, 0.25) is 5.95 Å². The van der Waals surface area contributed by atoms with Crippen LogP contribution in [0.5, 0.6) is 5.75 Å². The van der Waals surface area contributed by atoms with E-state index in [1.807, 2.05) is 13.0 Å². The molecule has 0 bridgehead atoms. The molecule has 0 N–H and O–H groups in total. The minimum atomic E-state index is -0.533. The third-order valence-corrected chi connectivity index (χ3v) is 5.41. The van der Waals surface area contributed by atoms with Crippen molar-refractivity contribution < 1.29 is 18.7 Å². The molecule has 0 saturated carbocycles. The second-order valence-electron chi connectivity index (χ2n) is 7.40. The second-order valence-corrected chi connectivity index (χ2v) is 7.40. The van der Waals surface area contributed by atoms with E-state index >= 15 is 0 Å². The van der Waals surface area contributed by atoms with Crippen LogP contribution in [0.1, 0.15) is 16.1 Å². The molecule has 0 unspecified atom stereocenters. The van der Waals surface area contributed by atoms with Crippen LogP contribution in [0.25, 0.3) is 0 Å². The normalized spacial score (nSPS) is 17.2. The van der Waals surface area contributed by atoms with Gasteiger partial charge in [-0.1, -0.05) is 0 Å². The fourth-order valence-corrected chi connectivity index (χ4v) is 3.72. The van der Waals surface area contributed by atoms with Crippen molar-refractivity contribution in [3.8, 4) is 5.75 Å². The van der Waals surface area contributed by atoms with E-state index in [4.69, 9.17) is 14.5 Å². The number of hydrogen-bond donors (Lipinski definition) is 0. The van der Waals surface area contributed by atoms with Crippen LogP contribution in [0.4, 0.5) is 16.2 Å². The minimum absolute atomic E-state index is 0.131. The van der Waals surface area contributed by atoms with Crippen molar-refractivity contribution in [1.82, 2.24) is 14.9 Å². The molecule has 0 atom stereocenters. The Kier molecular flexibility index (Phi) is 5.98. The van der Waals surface area contributed by atoms with E-state index in [0.717, 1.165) is 30.5 Å². The summed E-state index contributed by atoms with van der Waals surface area (Å²) in [6.45, 7) is 7.29. The number of piperazine rings is 1. The molecule has 1 amide bonds. The lowest BCUT2D eigenvalue weighted by atomic mass is 10.1. The van der Waals surface area contributed by atoms with Crippen molar-refractivity contribution in [3.63, 3.8) is 0 Å². The molecule has 30 heavy (non-hydrogen) atoms. The number of carbonyl (C=O) groups is 1. The average molecular weight is 415 g/mol. The van der Waals surface area contributed by atoms with Gasteiger partial charge in [0.15, 0.2) is 11.6 Å². The Labute approximate surface area is 175 Å². The van der Waals surface area contributed by atoms with Crippen LogP contribution in [-0.4, -0.2) is 80.4 Å². The molecule has 1 aromatic heterocycles. The number of benzene rings is 1. The number of morpholine rings is 1. The van der Waals surface area contributed by atoms with E-state index < -0.39 is 5.82 Å². The summed E-state index contributed by atoms with van der Waals surface area (Å²) in [6, 6.07) is 6.28. The van der Waals surface area contributed by atoms with Crippen LogP contribution in [0.3, 0.4) is 0 Å². The van der Waals surface area contributed by atoms with E-state index in [1.165, 1.54) is 19.2 Å². The van der Waals surface area contributed by atoms with E-state index in [2.05, 4.69) is 14.8 Å². The van der Waals surface area contributed by atoms with Crippen molar-refractivity contribution in [2.24, 2.45) is 0 Å². The zero-order valence-corrected chi connectivity index (χ0v) is 17.3. The molecule has 0 aliphatic carbocycles. The molecule has 0 radical (unpaired) electrons. The third-order valence-electron chi connectivity index (χ3n) is 5.41. The maximum atomic E-state index is 14.0. The Morgan fingerprint density at radius 2 is 1.77 bits per heavy atom. The molecule has 8 nitrogen and oxygen atoms in total. The van der Waals surface area contributed by atoms with E-state index in [0.29, 0.717) is 45.0 Å². The number of amides is 1. The predicted molar refractivity (Wildman–Crippen MR) is 111 cm³/mol. The van der Waals surface area contributed by atoms with Gasteiger partial charge in [-0.3, -0.25) is 4.79 Å². The molecule has 4 rings (SSSR count). The highest BCUT2D eigenvalue weighted by molar-refractivity contribution is 5.94. The number of nitrogens with zero attached hydrogens (tertiary/aromatic N) is 5. The van der Waals surface area contributed by atoms with Gasteiger partial charge < -0.3 is 24.2 Å². The Hall–Kier alpha value is -2.94. The van der Waals surface area contributed by atoms with Gasteiger partial charge in [-0.2, -0.15) is 4.98 Å². The number of aromatic nitrogens is 2. The first kappa shape index (κ1) is 20.3. The van der Waals surface area contributed by atoms with Crippen LogP contribution in [0.2, 0.25) is 0 Å². The minimum Gasteiger partial charge on any atom is -0.494 e. The smallest absolute Gasteiger partial charge is 0.254 e. The van der Waals surface area contributed by atoms with E-state index in [1.54, 1.807) is 11.0 Å². The maximum absolute atomic E-state index is 14.0. The first-order valence-corrected chi connectivity index (χ1v) is 10.1. The van der Waals surface area contributed by atoms with Crippen LogP contribution in [0, 0.1) is 12.7 Å². The predicted octanol–water partition coefficient (Wildman–Crippen LogP) is 1.73. The maximum Gasteiger partial charge on any atom is 0.254 e. The Balaban J connectivity index is 1.42. The van der Waals surface area contributed by atoms with Crippen LogP contribution < -0.4 is 14.5 Å². The van der Waals surface area contributed by atoms with Gasteiger partial charge in [0.1, 0.15) is 5.82 Å². The van der Waals surface area contributed by atoms with E-state index in [9.17, 15) is 9.18 Å². The van der Waals surface area contributed by atoms with Gasteiger partial charge >= 0.3 is 0 Å². The van der Waals surface area contributed by atoms with Gasteiger partial charge in [-0.05, 0) is 25.1 Å². The first-order chi connectivity index (χ1) is 14.5. The lowest BCUT2D eigenvalue weighted by Gasteiger charge is -2.36. The summed E-state index contributed by atoms with van der Waals surface area (Å²) in [6.07, 6.45) is 0. The summed E-state index contributed by atoms with van der Waals surface area (Å²) >= 11 is 0. The Bertz CT molecular complexity index is 912. The fourth-order valence-electron chi connectivity index (χ4n) is 3.72. The van der Waals surface area contributed by atoms with Crippen molar-refractivity contribution in [2.75, 3.05) is 69.4 Å². The molecule has 1 aromatic carbocycles. The molecular weight excluding hydrogens is 389 g/mol. The fraction of sp³-hybridized carbons (Fsp3) is 0.476. The quantitative estimate of drug-likeness (QED) is 0.753. The number of aryl methyl sites for hydroxylation is 1. The van der Waals surface area contributed by atoms with Crippen LogP contribution in [-0.2, 0) is 4.74 Å².